The van der Waals surface area contributed by atoms with Crippen molar-refractivity contribution in [3.63, 3.8) is 0 Å². The summed E-state index contributed by atoms with van der Waals surface area (Å²) in [6.07, 6.45) is -0.661. The Morgan fingerprint density at radius 1 is 1.64 bits per heavy atom. The average molecular weight is 162 g/mol. The van der Waals surface area contributed by atoms with Gasteiger partial charge < -0.3 is 10.2 Å². The fourth-order valence-corrected chi connectivity index (χ4v) is 1.10. The lowest BCUT2D eigenvalue weighted by molar-refractivity contribution is 0.0280. The molecule has 7 N–H and O–H groups in total. The van der Waals surface area contributed by atoms with Crippen molar-refractivity contribution in [2.24, 2.45) is 5.84 Å². The normalized spacial score (nSPS) is 39.0. The Morgan fingerprint density at radius 2 is 2.36 bits per heavy atom. The molecule has 0 aliphatic carbocycles. The number of hydrogen-bond acceptors (Lipinski definition) is 6. The van der Waals surface area contributed by atoms with Crippen LogP contribution in [0.5, 0.6) is 0 Å². The largest absolute Gasteiger partial charge is 0.395 e. The van der Waals surface area contributed by atoms with Crippen molar-refractivity contribution in [3.05, 3.63) is 0 Å². The third-order valence-corrected chi connectivity index (χ3v) is 1.84. The lowest BCUT2D eigenvalue weighted by atomic mass is 10.0. The maximum Gasteiger partial charge on any atom is 0.0908 e. The Morgan fingerprint density at radius 3 is 2.91 bits per heavy atom. The third-order valence-electron chi connectivity index (χ3n) is 1.84. The Bertz CT molecular complexity index is 111. The van der Waals surface area contributed by atoms with Crippen LogP contribution >= 0.6 is 0 Å². The number of hydrazine groups is 2. The highest BCUT2D eigenvalue weighted by atomic mass is 16.3. The lowest BCUT2D eigenvalue weighted by Gasteiger charge is -2.34. The summed E-state index contributed by atoms with van der Waals surface area (Å²) in [5, 5.41) is 18.2. The summed E-state index contributed by atoms with van der Waals surface area (Å²) in [6, 6.07) is -0.571. The van der Waals surface area contributed by atoms with Crippen LogP contribution in [-0.4, -0.2) is 41.6 Å². The van der Waals surface area contributed by atoms with Gasteiger partial charge in [-0.3, -0.25) is 16.7 Å². The van der Waals surface area contributed by atoms with Gasteiger partial charge in [-0.25, -0.2) is 5.43 Å². The first-order valence-corrected chi connectivity index (χ1v) is 3.53. The molecule has 0 aromatic carbocycles. The number of nitrogens with one attached hydrogen (secondary N) is 3. The van der Waals surface area contributed by atoms with E-state index < -0.39 is 6.10 Å². The number of hydrogen-bond donors (Lipinski definition) is 6. The van der Waals surface area contributed by atoms with E-state index >= 15 is 0 Å². The lowest BCUT2D eigenvalue weighted by Crippen LogP contribution is -2.66. The van der Waals surface area contributed by atoms with Crippen LogP contribution in [0.3, 0.4) is 0 Å². The van der Waals surface area contributed by atoms with Crippen LogP contribution in [0.15, 0.2) is 0 Å². The summed E-state index contributed by atoms with van der Waals surface area (Å²) in [7, 11) is 0. The van der Waals surface area contributed by atoms with Crippen molar-refractivity contribution < 1.29 is 10.2 Å². The molecule has 0 bridgehead atoms. The van der Waals surface area contributed by atoms with Crippen LogP contribution in [0.1, 0.15) is 0 Å². The molecule has 1 aliphatic heterocycles. The van der Waals surface area contributed by atoms with E-state index in [9.17, 15) is 5.11 Å². The standard InChI is InChI=1S/C5H14N4O2/c6-8-3-1-7-9-4(2-10)5(3)11/h3-5,7-11H,1-2,6H2/t3-,4-,5+/m1/s1. The highest BCUT2D eigenvalue weighted by Crippen LogP contribution is 2.01. The van der Waals surface area contributed by atoms with Crippen molar-refractivity contribution in [2.45, 2.75) is 18.2 Å². The molecule has 0 radical (unpaired) electrons. The Balaban J connectivity index is 2.45. The molecule has 1 rings (SSSR count). The summed E-state index contributed by atoms with van der Waals surface area (Å²) < 4.78 is 0. The predicted octanol–water partition coefficient (Wildman–Crippen LogP) is -3.35. The number of aliphatic hydroxyl groups is 2. The SMILES string of the molecule is NN[C@@H]1CNN[C@H](CO)[C@H]1O. The Hall–Kier alpha value is -0.240. The highest BCUT2D eigenvalue weighted by Gasteiger charge is 2.29. The van der Waals surface area contributed by atoms with E-state index in [1.165, 1.54) is 0 Å². The number of aliphatic hydroxyl groups excluding tert-OH is 2. The molecular weight excluding hydrogens is 148 g/mol. The van der Waals surface area contributed by atoms with Crippen LogP contribution in [0.2, 0.25) is 0 Å². The molecule has 11 heavy (non-hydrogen) atoms. The minimum Gasteiger partial charge on any atom is -0.395 e. The van der Waals surface area contributed by atoms with Gasteiger partial charge >= 0.3 is 0 Å². The van der Waals surface area contributed by atoms with Crippen molar-refractivity contribution in [1.82, 2.24) is 16.3 Å². The molecule has 0 amide bonds. The second-order valence-corrected chi connectivity index (χ2v) is 2.58. The van der Waals surface area contributed by atoms with Crippen molar-refractivity contribution >= 4 is 0 Å². The van der Waals surface area contributed by atoms with Crippen molar-refractivity contribution in [2.75, 3.05) is 13.2 Å². The third kappa shape index (κ3) is 1.86. The van der Waals surface area contributed by atoms with Gasteiger partial charge in [0.15, 0.2) is 0 Å². The van der Waals surface area contributed by atoms with Gasteiger partial charge in [0, 0.05) is 6.54 Å². The van der Waals surface area contributed by atoms with E-state index in [0.717, 1.165) is 0 Å². The molecule has 6 heteroatoms. The minimum atomic E-state index is -0.661. The first kappa shape index (κ1) is 8.85. The highest BCUT2D eigenvalue weighted by molar-refractivity contribution is 4.88. The van der Waals surface area contributed by atoms with Gasteiger partial charge in [-0.2, -0.15) is 0 Å². The minimum absolute atomic E-state index is 0.119. The zero-order valence-electron chi connectivity index (χ0n) is 6.12. The zero-order chi connectivity index (χ0) is 8.27. The average Bonchev–Trinajstić information content (AvgIpc) is 2.05. The van der Waals surface area contributed by atoms with E-state index in [4.69, 9.17) is 10.9 Å². The van der Waals surface area contributed by atoms with Gasteiger partial charge in [-0.1, -0.05) is 0 Å². The monoisotopic (exact) mass is 162 g/mol. The zero-order valence-corrected chi connectivity index (χ0v) is 6.12. The van der Waals surface area contributed by atoms with E-state index in [1.807, 2.05) is 0 Å². The van der Waals surface area contributed by atoms with Gasteiger partial charge in [0.25, 0.3) is 0 Å². The molecule has 3 atom stereocenters. The molecule has 1 aliphatic rings. The van der Waals surface area contributed by atoms with E-state index in [-0.39, 0.29) is 18.7 Å². The van der Waals surface area contributed by atoms with Crippen molar-refractivity contribution in [3.8, 4) is 0 Å². The fourth-order valence-electron chi connectivity index (χ4n) is 1.10. The molecule has 1 saturated heterocycles. The van der Waals surface area contributed by atoms with Crippen LogP contribution in [0.25, 0.3) is 0 Å². The maximum absolute atomic E-state index is 9.42. The van der Waals surface area contributed by atoms with E-state index in [2.05, 4.69) is 16.3 Å². The quantitative estimate of drug-likeness (QED) is 0.187. The fraction of sp³-hybridized carbons (Fsp3) is 1.00. The van der Waals surface area contributed by atoms with Gasteiger partial charge in [-0.05, 0) is 0 Å². The molecule has 1 heterocycles. The van der Waals surface area contributed by atoms with Crippen LogP contribution in [-0.2, 0) is 0 Å². The van der Waals surface area contributed by atoms with Crippen LogP contribution in [0, 0.1) is 0 Å². The van der Waals surface area contributed by atoms with Crippen LogP contribution in [0.4, 0.5) is 0 Å². The summed E-state index contributed by atoms with van der Waals surface area (Å²) in [5.74, 6) is 5.15. The molecule has 0 spiro atoms. The van der Waals surface area contributed by atoms with Gasteiger partial charge in [0.2, 0.25) is 0 Å². The van der Waals surface area contributed by atoms with E-state index in [1.54, 1.807) is 0 Å². The van der Waals surface area contributed by atoms with Crippen molar-refractivity contribution in [1.29, 1.82) is 0 Å². The molecule has 1 fully saturated rings. The molecular formula is C5H14N4O2. The van der Waals surface area contributed by atoms with Gasteiger partial charge in [0.1, 0.15) is 0 Å². The second kappa shape index (κ2) is 3.96. The number of nitrogens with two attached hydrogens (primary N) is 1. The van der Waals surface area contributed by atoms with Gasteiger partial charge in [0.05, 0.1) is 24.8 Å². The predicted molar refractivity (Wildman–Crippen MR) is 39.1 cm³/mol. The maximum atomic E-state index is 9.42. The molecule has 0 aromatic rings. The summed E-state index contributed by atoms with van der Waals surface area (Å²) in [5.41, 5.74) is 8.00. The first-order valence-electron chi connectivity index (χ1n) is 3.53. The first-order chi connectivity index (χ1) is 5.29. The second-order valence-electron chi connectivity index (χ2n) is 2.58. The Labute approximate surface area is 64.7 Å². The molecule has 0 unspecified atom stereocenters. The topological polar surface area (TPSA) is 103 Å². The summed E-state index contributed by atoms with van der Waals surface area (Å²) in [4.78, 5) is 0. The molecule has 6 nitrogen and oxygen atoms in total. The van der Waals surface area contributed by atoms with E-state index in [0.29, 0.717) is 6.54 Å². The molecule has 0 saturated carbocycles. The Kier molecular flexibility index (Phi) is 3.18. The molecule has 0 aromatic heterocycles. The van der Waals surface area contributed by atoms with Crippen LogP contribution < -0.4 is 22.1 Å². The molecule has 66 valence electrons. The van der Waals surface area contributed by atoms with Gasteiger partial charge in [-0.15, -0.1) is 0 Å². The summed E-state index contributed by atoms with van der Waals surface area (Å²) >= 11 is 0. The number of rotatable bonds is 2. The summed E-state index contributed by atoms with van der Waals surface area (Å²) in [6.45, 7) is 0.417. The smallest absolute Gasteiger partial charge is 0.0908 e.